The Hall–Kier alpha value is -2.38. The molecule has 1 aromatic carbocycles. The van der Waals surface area contributed by atoms with Crippen LogP contribution in [0.3, 0.4) is 0 Å². The van der Waals surface area contributed by atoms with Gasteiger partial charge in [0.2, 0.25) is 0 Å². The molecule has 0 saturated carbocycles. The third kappa shape index (κ3) is 6.11. The number of piperidine rings is 1. The molecule has 1 aromatic heterocycles. The van der Waals surface area contributed by atoms with Crippen molar-refractivity contribution in [3.63, 3.8) is 0 Å². The van der Waals surface area contributed by atoms with Crippen LogP contribution in [0.4, 0.5) is 0 Å². The van der Waals surface area contributed by atoms with Crippen LogP contribution in [0.2, 0.25) is 0 Å². The van der Waals surface area contributed by atoms with Crippen molar-refractivity contribution in [3.8, 4) is 0 Å². The van der Waals surface area contributed by atoms with Crippen LogP contribution in [0.15, 0.2) is 41.7 Å². The van der Waals surface area contributed by atoms with Crippen molar-refractivity contribution in [1.82, 2.24) is 24.9 Å². The highest BCUT2D eigenvalue weighted by atomic mass is 16.5. The molecule has 174 valence electrons. The highest BCUT2D eigenvalue weighted by Crippen LogP contribution is 2.22. The summed E-state index contributed by atoms with van der Waals surface area (Å²) in [5.41, 5.74) is 3.76. The molecule has 3 heterocycles. The van der Waals surface area contributed by atoms with Crippen molar-refractivity contribution in [3.05, 3.63) is 53.3 Å². The van der Waals surface area contributed by atoms with Gasteiger partial charge < -0.3 is 15.0 Å². The summed E-state index contributed by atoms with van der Waals surface area (Å²) < 4.78 is 7.82. The van der Waals surface area contributed by atoms with Crippen LogP contribution >= 0.6 is 0 Å². The molecule has 1 atom stereocenters. The number of nitrogens with one attached hydrogen (secondary N) is 1. The number of aliphatic imine (C=N–C) groups is 1. The first-order chi connectivity index (χ1) is 15.6. The lowest BCUT2D eigenvalue weighted by atomic mass is 9.99. The van der Waals surface area contributed by atoms with E-state index in [0.29, 0.717) is 13.2 Å². The molecule has 2 aromatic rings. The Morgan fingerprint density at radius 1 is 1.16 bits per heavy atom. The largest absolute Gasteiger partial charge is 0.370 e. The maximum Gasteiger partial charge on any atom is 0.194 e. The van der Waals surface area contributed by atoms with Gasteiger partial charge in [-0.15, -0.1) is 0 Å². The minimum Gasteiger partial charge on any atom is -0.370 e. The smallest absolute Gasteiger partial charge is 0.194 e. The van der Waals surface area contributed by atoms with E-state index >= 15 is 0 Å². The van der Waals surface area contributed by atoms with Crippen LogP contribution in [0.1, 0.15) is 49.5 Å². The van der Waals surface area contributed by atoms with Crippen LogP contribution in [-0.4, -0.2) is 64.9 Å². The molecule has 2 saturated heterocycles. The van der Waals surface area contributed by atoms with Crippen molar-refractivity contribution >= 4 is 5.96 Å². The Morgan fingerprint density at radius 2 is 1.91 bits per heavy atom. The van der Waals surface area contributed by atoms with Crippen molar-refractivity contribution in [2.75, 3.05) is 39.3 Å². The normalized spacial score (nSPS) is 21.2. The lowest BCUT2D eigenvalue weighted by Gasteiger charge is -2.34. The molecule has 0 amide bonds. The number of aromatic nitrogens is 2. The molecule has 7 nitrogen and oxygen atoms in total. The summed E-state index contributed by atoms with van der Waals surface area (Å²) in [6, 6.07) is 8.99. The minimum absolute atomic E-state index is 0.0263. The number of guanidine groups is 1. The van der Waals surface area contributed by atoms with Gasteiger partial charge in [-0.2, -0.15) is 5.10 Å². The number of nitrogens with zero attached hydrogens (tertiary/aromatic N) is 5. The van der Waals surface area contributed by atoms with Gasteiger partial charge in [0.15, 0.2) is 5.96 Å². The Morgan fingerprint density at radius 3 is 2.59 bits per heavy atom. The zero-order valence-corrected chi connectivity index (χ0v) is 19.8. The number of benzene rings is 1. The van der Waals surface area contributed by atoms with E-state index < -0.39 is 0 Å². The Kier molecular flexibility index (Phi) is 7.81. The molecular formula is C25H38N6O. The summed E-state index contributed by atoms with van der Waals surface area (Å²) in [4.78, 5) is 9.82. The average molecular weight is 439 g/mol. The Balaban J connectivity index is 1.35. The molecule has 32 heavy (non-hydrogen) atoms. The van der Waals surface area contributed by atoms with E-state index in [9.17, 15) is 0 Å². The van der Waals surface area contributed by atoms with E-state index in [-0.39, 0.29) is 6.10 Å². The van der Waals surface area contributed by atoms with Gasteiger partial charge in [0, 0.05) is 38.4 Å². The first-order valence-electron chi connectivity index (χ1n) is 12.0. The molecule has 7 heteroatoms. The molecule has 4 rings (SSSR count). The lowest BCUT2D eigenvalue weighted by molar-refractivity contribution is -0.00805. The van der Waals surface area contributed by atoms with Crippen LogP contribution in [0, 0.1) is 5.92 Å². The third-order valence-corrected chi connectivity index (χ3v) is 6.51. The van der Waals surface area contributed by atoms with E-state index in [1.807, 2.05) is 24.1 Å². The van der Waals surface area contributed by atoms with E-state index in [0.717, 1.165) is 43.6 Å². The number of hydrogen-bond donors (Lipinski definition) is 1. The predicted molar refractivity (Wildman–Crippen MR) is 128 cm³/mol. The number of rotatable bonds is 6. The van der Waals surface area contributed by atoms with Gasteiger partial charge in [0.1, 0.15) is 6.10 Å². The summed E-state index contributed by atoms with van der Waals surface area (Å²) in [6.45, 7) is 11.8. The van der Waals surface area contributed by atoms with Gasteiger partial charge in [-0.3, -0.25) is 9.58 Å². The van der Waals surface area contributed by atoms with Gasteiger partial charge in [-0.1, -0.05) is 31.2 Å². The monoisotopic (exact) mass is 438 g/mol. The van der Waals surface area contributed by atoms with Gasteiger partial charge in [-0.25, -0.2) is 4.99 Å². The fraction of sp³-hybridized carbons (Fsp3) is 0.600. The van der Waals surface area contributed by atoms with Gasteiger partial charge in [0.05, 0.1) is 25.9 Å². The fourth-order valence-corrected chi connectivity index (χ4v) is 4.47. The molecule has 2 fully saturated rings. The van der Waals surface area contributed by atoms with E-state index in [1.165, 1.54) is 37.1 Å². The number of aryl methyl sites for hydroxylation is 1. The first-order valence-corrected chi connectivity index (χ1v) is 12.0. The second-order valence-corrected chi connectivity index (χ2v) is 9.20. The second-order valence-electron chi connectivity index (χ2n) is 9.20. The van der Waals surface area contributed by atoms with Crippen molar-refractivity contribution in [2.45, 2.75) is 45.9 Å². The highest BCUT2D eigenvalue weighted by Gasteiger charge is 2.25. The van der Waals surface area contributed by atoms with Crippen molar-refractivity contribution < 1.29 is 4.74 Å². The SMILES string of the molecule is CCNC(=NCc1ccc(CN2CCC(C)CC2)cc1)N1CCOC(c2cnn(C)c2)C1. The number of hydrogen-bond acceptors (Lipinski definition) is 4. The Labute approximate surface area is 192 Å². The van der Waals surface area contributed by atoms with Crippen LogP contribution in [-0.2, 0) is 24.9 Å². The molecule has 0 aliphatic carbocycles. The molecule has 0 spiro atoms. The first kappa shape index (κ1) is 22.8. The van der Waals surface area contributed by atoms with Gasteiger partial charge in [-0.05, 0) is 49.9 Å². The van der Waals surface area contributed by atoms with E-state index in [1.54, 1.807) is 0 Å². The molecule has 1 N–H and O–H groups in total. The van der Waals surface area contributed by atoms with Gasteiger partial charge >= 0.3 is 0 Å². The highest BCUT2D eigenvalue weighted by molar-refractivity contribution is 5.80. The summed E-state index contributed by atoms with van der Waals surface area (Å²) in [5, 5.41) is 7.75. The number of morpholine rings is 1. The molecule has 2 aliphatic rings. The van der Waals surface area contributed by atoms with Crippen molar-refractivity contribution in [2.24, 2.45) is 18.0 Å². The quantitative estimate of drug-likeness (QED) is 0.555. The maximum atomic E-state index is 6.00. The minimum atomic E-state index is 0.0263. The standard InChI is InChI=1S/C25H38N6O/c1-4-26-25(31-13-14-32-24(19-31)23-16-28-29(3)18-23)27-15-21-5-7-22(8-6-21)17-30-11-9-20(2)10-12-30/h5-8,16,18,20,24H,4,9-15,17,19H2,1-3H3,(H,26,27). The molecular weight excluding hydrogens is 400 g/mol. The van der Waals surface area contributed by atoms with Crippen LogP contribution in [0.5, 0.6) is 0 Å². The molecule has 1 unspecified atom stereocenters. The van der Waals surface area contributed by atoms with E-state index in [4.69, 9.17) is 9.73 Å². The predicted octanol–water partition coefficient (Wildman–Crippen LogP) is 3.19. The van der Waals surface area contributed by atoms with E-state index in [2.05, 4.69) is 58.3 Å². The maximum absolute atomic E-state index is 6.00. The zero-order valence-electron chi connectivity index (χ0n) is 19.8. The van der Waals surface area contributed by atoms with Gasteiger partial charge in [0.25, 0.3) is 0 Å². The second kappa shape index (κ2) is 11.0. The fourth-order valence-electron chi connectivity index (χ4n) is 4.47. The van der Waals surface area contributed by atoms with Crippen LogP contribution in [0.25, 0.3) is 0 Å². The summed E-state index contributed by atoms with van der Waals surface area (Å²) >= 11 is 0. The van der Waals surface area contributed by atoms with Crippen molar-refractivity contribution in [1.29, 1.82) is 0 Å². The topological polar surface area (TPSA) is 57.9 Å². The molecule has 0 radical (unpaired) electrons. The average Bonchev–Trinajstić information content (AvgIpc) is 3.25. The summed E-state index contributed by atoms with van der Waals surface area (Å²) in [5.74, 6) is 1.83. The number of likely N-dealkylation sites (tertiary alicyclic amines) is 1. The lowest BCUT2D eigenvalue weighted by Crippen LogP contribution is -2.48. The third-order valence-electron chi connectivity index (χ3n) is 6.51. The summed E-state index contributed by atoms with van der Waals surface area (Å²) in [7, 11) is 1.94. The zero-order chi connectivity index (χ0) is 22.3. The summed E-state index contributed by atoms with van der Waals surface area (Å²) in [6.07, 6.45) is 6.60. The Bertz CT molecular complexity index is 869. The molecule has 2 aliphatic heterocycles. The van der Waals surface area contributed by atoms with Crippen LogP contribution < -0.4 is 5.32 Å². The molecule has 0 bridgehead atoms. The number of ether oxygens (including phenoxy) is 1.